The van der Waals surface area contributed by atoms with Crippen LogP contribution in [0, 0.1) is 0 Å². The number of carbonyl (C=O) groups excluding carboxylic acids is 8. The number of hydrogen-bond acceptors (Lipinski definition) is 17. The number of aldehydes is 1. The Hall–Kier alpha value is -7.44. The molecule has 4 heterocycles. The molecule has 6 aromatic rings. The van der Waals surface area contributed by atoms with Crippen molar-refractivity contribution in [1.29, 1.82) is 0 Å². The minimum Gasteiger partial charge on any atom is -0.793 e. The molecule has 0 saturated carbocycles. The van der Waals surface area contributed by atoms with Crippen LogP contribution in [0.5, 0.6) is 0 Å². The summed E-state index contributed by atoms with van der Waals surface area (Å²) < 4.78 is 3.61. The minimum absolute atomic E-state index is 0. The molecule has 2 aliphatic rings. The van der Waals surface area contributed by atoms with Crippen molar-refractivity contribution in [3.63, 3.8) is 0 Å². The Bertz CT molecular complexity index is 3190. The second-order valence-corrected chi connectivity index (χ2v) is 21.3. The smallest absolute Gasteiger partial charge is 0.793 e. The summed E-state index contributed by atoms with van der Waals surface area (Å²) in [4.78, 5) is 111. The van der Waals surface area contributed by atoms with Crippen LogP contribution in [0.1, 0.15) is 146 Å². The summed E-state index contributed by atoms with van der Waals surface area (Å²) in [6, 6.07) is 32.0. The van der Waals surface area contributed by atoms with Crippen LogP contribution in [0.25, 0.3) is 11.1 Å². The Balaban J connectivity index is 0.000000345. The monoisotopic (exact) mass is 1230 g/mol. The largest absolute Gasteiger partial charge is 1.00 e. The first-order valence-electron chi connectivity index (χ1n) is 28.2. The van der Waals surface area contributed by atoms with E-state index in [0.29, 0.717) is 42.2 Å². The zero-order valence-electron chi connectivity index (χ0n) is 51.4. The van der Waals surface area contributed by atoms with Crippen molar-refractivity contribution in [1.82, 2.24) is 30.0 Å². The van der Waals surface area contributed by atoms with Gasteiger partial charge in [-0.3, -0.25) is 43.6 Å². The van der Waals surface area contributed by atoms with E-state index in [9.17, 15) is 38.4 Å². The molecular weight excluding hydrogens is 1150 g/mol. The first-order valence-corrected chi connectivity index (χ1v) is 30.0. The fourth-order valence-electron chi connectivity index (χ4n) is 9.16. The van der Waals surface area contributed by atoms with E-state index >= 15 is 0 Å². The van der Waals surface area contributed by atoms with Crippen LogP contribution in [0.15, 0.2) is 132 Å². The first-order chi connectivity index (χ1) is 41.3. The Kier molecular flexibility index (Phi) is 34.0. The molecule has 2 aromatic heterocycles. The molecule has 2 aliphatic heterocycles. The topological polar surface area (TPSA) is 236 Å². The number of aromatic nitrogens is 2. The van der Waals surface area contributed by atoms with Crippen molar-refractivity contribution in [3.8, 4) is 0 Å². The summed E-state index contributed by atoms with van der Waals surface area (Å²) in [5, 5.41) is 9.21. The molecule has 87 heavy (non-hydrogen) atoms. The third-order valence-electron chi connectivity index (χ3n) is 13.1. The van der Waals surface area contributed by atoms with Crippen LogP contribution in [0.3, 0.4) is 0 Å². The van der Waals surface area contributed by atoms with Gasteiger partial charge in [0, 0.05) is 120 Å². The quantitative estimate of drug-likeness (QED) is 0.0388. The molecule has 4 aromatic carbocycles. The van der Waals surface area contributed by atoms with Gasteiger partial charge in [0.2, 0.25) is 17.8 Å². The predicted octanol–water partition coefficient (Wildman–Crippen LogP) is 7.61. The SMILES string of the molecule is CC(=O)OOC(C)=O.CCN(CC)C(=O)c1ccc(C(=C2CCN(Cc3cncs3)CC2)c2cccc(NC(C)=O)c2)cc1.CCN(CC)C(=O)c1ccc(C(=C2CCNCC2)c2cccc(NC(C)=O)c2)cc1.O=Cc1cncs1.[B-]OC(C)=O.[Na+]. The van der Waals surface area contributed by atoms with Crippen LogP contribution in [-0.2, 0) is 44.9 Å². The van der Waals surface area contributed by atoms with Gasteiger partial charge in [-0.15, -0.1) is 22.7 Å². The maximum Gasteiger partial charge on any atom is 1.00 e. The number of piperidine rings is 2. The molecular formula is C64H77BN8NaO11S2. The number of thiazole rings is 2. The van der Waals surface area contributed by atoms with Crippen LogP contribution >= 0.6 is 22.7 Å². The van der Waals surface area contributed by atoms with Crippen LogP contribution in [0.4, 0.5) is 11.4 Å². The zero-order chi connectivity index (χ0) is 63.0. The summed E-state index contributed by atoms with van der Waals surface area (Å²) >= 11 is 3.05. The zero-order valence-corrected chi connectivity index (χ0v) is 55.1. The molecule has 2 saturated heterocycles. The summed E-state index contributed by atoms with van der Waals surface area (Å²) in [5.74, 6) is -1.79. The van der Waals surface area contributed by atoms with Gasteiger partial charge in [-0.05, 0) is 148 Å². The maximum atomic E-state index is 12.8. The van der Waals surface area contributed by atoms with Crippen molar-refractivity contribution in [2.75, 3.05) is 63.0 Å². The van der Waals surface area contributed by atoms with E-state index in [0.717, 1.165) is 112 Å². The van der Waals surface area contributed by atoms with E-state index in [1.807, 2.05) is 122 Å². The van der Waals surface area contributed by atoms with Gasteiger partial charge in [-0.25, -0.2) is 19.4 Å². The molecule has 0 spiro atoms. The Labute approximate surface area is 542 Å². The number of nitrogens with zero attached hydrogens (tertiary/aromatic N) is 5. The third kappa shape index (κ3) is 25.8. The van der Waals surface area contributed by atoms with Crippen LogP contribution in [-0.4, -0.2) is 133 Å². The molecule has 19 nitrogen and oxygen atoms in total. The number of benzene rings is 4. The van der Waals surface area contributed by atoms with E-state index < -0.39 is 17.9 Å². The molecule has 2 fully saturated rings. The van der Waals surface area contributed by atoms with Crippen molar-refractivity contribution >= 4 is 101 Å². The second kappa shape index (κ2) is 40.1. The molecule has 455 valence electrons. The van der Waals surface area contributed by atoms with E-state index in [-0.39, 0.29) is 53.2 Å². The maximum absolute atomic E-state index is 12.8. The van der Waals surface area contributed by atoms with Gasteiger partial charge in [-0.1, -0.05) is 59.7 Å². The number of hydrogen-bond donors (Lipinski definition) is 3. The van der Waals surface area contributed by atoms with Gasteiger partial charge in [0.05, 0.1) is 15.9 Å². The number of carbonyl (C=O) groups is 8. The van der Waals surface area contributed by atoms with Crippen LogP contribution < -0.4 is 45.5 Å². The standard InChI is InChI=1S/C29H34N4O2S.C25H31N3O2.C4H3NOS.C4H6O4.C2H3BO2.Na/c1-4-33(5-2)29(35)24-11-9-22(10-12-24)28(25-7-6-8-26(17-25)31-21(3)34)23-13-15-32(16-14-23)19-27-18-30-20-36-27;1-4-28(5-2)25(30)21-11-9-19(10-12-21)24(20-13-15-26-16-14-20)22-7-6-8-23(17-22)27-18(3)29;6-2-4-1-5-3-7-4;1-3(5)7-8-4(2)6;1-2(4)5-3;/h6-12,17-18,20H,4-5,13-16,19H2,1-3H3,(H,31,34);6-12,17,26H,4-5,13-16H2,1-3H3,(H,27,29);1-3H;1-2H3;1H3;/q;;;;-1;+1. The van der Waals surface area contributed by atoms with Gasteiger partial charge < -0.3 is 38.5 Å². The summed E-state index contributed by atoms with van der Waals surface area (Å²) in [7, 11) is 4.32. The van der Waals surface area contributed by atoms with E-state index in [1.165, 1.54) is 65.5 Å². The molecule has 4 amide bonds. The second-order valence-electron chi connectivity index (χ2n) is 19.4. The fraction of sp³-hybridized carbons (Fsp3) is 0.344. The van der Waals surface area contributed by atoms with Gasteiger partial charge in [-0.2, -0.15) is 0 Å². The molecule has 23 heteroatoms. The Morgan fingerprint density at radius 1 is 0.575 bits per heavy atom. The minimum atomic E-state index is -0.639. The normalized spacial score (nSPS) is 12.3. The number of nitrogens with one attached hydrogen (secondary N) is 3. The summed E-state index contributed by atoms with van der Waals surface area (Å²) in [5.41, 5.74) is 16.1. The molecule has 3 radical (unpaired) electrons. The van der Waals surface area contributed by atoms with Crippen molar-refractivity contribution in [2.45, 2.75) is 94.5 Å². The molecule has 0 unspecified atom stereocenters. The molecule has 0 atom stereocenters. The Morgan fingerprint density at radius 2 is 0.977 bits per heavy atom. The van der Waals surface area contributed by atoms with Crippen molar-refractivity contribution in [2.24, 2.45) is 0 Å². The number of anilines is 2. The molecule has 0 bridgehead atoms. The average Bonchev–Trinajstić information content (AvgIpc) is 3.00. The number of likely N-dealkylation sites (tertiary alicyclic amines) is 1. The fourth-order valence-corrected chi connectivity index (χ4v) is 10.2. The van der Waals surface area contributed by atoms with Crippen molar-refractivity contribution < 1.29 is 82.3 Å². The molecule has 0 aliphatic carbocycles. The molecule has 3 N–H and O–H groups in total. The van der Waals surface area contributed by atoms with Crippen molar-refractivity contribution in [3.05, 3.63) is 175 Å². The van der Waals surface area contributed by atoms with Gasteiger partial charge in [0.15, 0.2) is 6.29 Å². The van der Waals surface area contributed by atoms with E-state index in [4.69, 9.17) is 0 Å². The first kappa shape index (κ1) is 73.8. The van der Waals surface area contributed by atoms with Gasteiger partial charge in [0.25, 0.3) is 11.8 Å². The molecule has 8 rings (SSSR count). The predicted molar refractivity (Wildman–Crippen MR) is 338 cm³/mol. The van der Waals surface area contributed by atoms with Gasteiger partial charge >= 0.3 is 41.5 Å². The summed E-state index contributed by atoms with van der Waals surface area (Å²) in [6.45, 7) is 22.2. The summed E-state index contributed by atoms with van der Waals surface area (Å²) in [6.07, 6.45) is 8.20. The van der Waals surface area contributed by atoms with E-state index in [1.54, 1.807) is 16.8 Å². The third-order valence-corrected chi connectivity index (χ3v) is 14.6. The van der Waals surface area contributed by atoms with Crippen LogP contribution in [0.2, 0.25) is 0 Å². The van der Waals surface area contributed by atoms with Gasteiger partial charge in [0.1, 0.15) is 0 Å². The Morgan fingerprint density at radius 3 is 1.31 bits per heavy atom. The number of rotatable bonds is 15. The average molecular weight is 1230 g/mol. The number of amides is 4. The van der Waals surface area contributed by atoms with E-state index in [2.05, 4.69) is 77.6 Å².